The molecule has 1 fully saturated rings. The van der Waals surface area contributed by atoms with Crippen LogP contribution in [0.1, 0.15) is 25.5 Å². The van der Waals surface area contributed by atoms with E-state index in [1.54, 1.807) is 6.26 Å². The third-order valence-corrected chi connectivity index (χ3v) is 3.57. The number of ketones is 1. The minimum atomic E-state index is -0.617. The van der Waals surface area contributed by atoms with E-state index < -0.39 is 12.1 Å². The van der Waals surface area contributed by atoms with Gasteiger partial charge in [-0.15, -0.1) is 6.58 Å². The first-order chi connectivity index (χ1) is 9.10. The molecule has 0 aromatic carbocycles. The van der Waals surface area contributed by atoms with Gasteiger partial charge in [-0.05, 0) is 30.4 Å². The van der Waals surface area contributed by atoms with Crippen molar-refractivity contribution in [1.82, 2.24) is 0 Å². The summed E-state index contributed by atoms with van der Waals surface area (Å²) >= 11 is 0. The summed E-state index contributed by atoms with van der Waals surface area (Å²) in [6.45, 7) is 5.12. The Morgan fingerprint density at radius 1 is 1.63 bits per heavy atom. The zero-order chi connectivity index (χ0) is 13.8. The van der Waals surface area contributed by atoms with Gasteiger partial charge in [0, 0.05) is 19.8 Å². The lowest BCUT2D eigenvalue weighted by Gasteiger charge is -2.32. The van der Waals surface area contributed by atoms with Gasteiger partial charge in [0.1, 0.15) is 5.76 Å². The Morgan fingerprint density at radius 3 is 3.00 bits per heavy atom. The SMILES string of the molecule is C=C[C@@H]1CC(=O)[C@H](OC(C)=O)C[C@@H]1Cc1ccco1. The first kappa shape index (κ1) is 13.6. The van der Waals surface area contributed by atoms with Crippen molar-refractivity contribution in [3.05, 3.63) is 36.8 Å². The van der Waals surface area contributed by atoms with E-state index in [0.717, 1.165) is 12.2 Å². The summed E-state index contributed by atoms with van der Waals surface area (Å²) in [4.78, 5) is 22.9. The highest BCUT2D eigenvalue weighted by Crippen LogP contribution is 2.33. The van der Waals surface area contributed by atoms with Gasteiger partial charge in [0.25, 0.3) is 0 Å². The predicted molar refractivity (Wildman–Crippen MR) is 69.4 cm³/mol. The van der Waals surface area contributed by atoms with Crippen molar-refractivity contribution >= 4 is 11.8 Å². The molecule has 0 saturated heterocycles. The number of carbonyl (C=O) groups is 2. The molecule has 19 heavy (non-hydrogen) atoms. The van der Waals surface area contributed by atoms with Crippen LogP contribution in [0.25, 0.3) is 0 Å². The first-order valence-corrected chi connectivity index (χ1v) is 6.45. The van der Waals surface area contributed by atoms with Crippen LogP contribution >= 0.6 is 0 Å². The second-order valence-electron chi connectivity index (χ2n) is 4.95. The van der Waals surface area contributed by atoms with Crippen molar-refractivity contribution in [3.63, 3.8) is 0 Å². The minimum Gasteiger partial charge on any atom is -0.469 e. The van der Waals surface area contributed by atoms with Gasteiger partial charge >= 0.3 is 5.97 Å². The van der Waals surface area contributed by atoms with Crippen LogP contribution in [0.15, 0.2) is 35.5 Å². The fourth-order valence-electron chi connectivity index (χ4n) is 2.62. The Kier molecular flexibility index (Phi) is 4.20. The number of ether oxygens (including phenoxy) is 1. The predicted octanol–water partition coefficient (Wildman–Crippen LogP) is 2.54. The largest absolute Gasteiger partial charge is 0.469 e. The molecule has 4 nitrogen and oxygen atoms in total. The quantitative estimate of drug-likeness (QED) is 0.618. The molecule has 0 aliphatic heterocycles. The number of furan rings is 1. The number of hydrogen-bond acceptors (Lipinski definition) is 4. The van der Waals surface area contributed by atoms with Gasteiger partial charge in [0.15, 0.2) is 11.9 Å². The highest BCUT2D eigenvalue weighted by atomic mass is 16.5. The maximum atomic E-state index is 11.9. The second-order valence-corrected chi connectivity index (χ2v) is 4.95. The van der Waals surface area contributed by atoms with Crippen molar-refractivity contribution in [3.8, 4) is 0 Å². The molecule has 0 amide bonds. The van der Waals surface area contributed by atoms with E-state index in [2.05, 4.69) is 6.58 Å². The Hall–Kier alpha value is -1.84. The van der Waals surface area contributed by atoms with E-state index in [9.17, 15) is 9.59 Å². The number of rotatable bonds is 4. The molecule has 0 radical (unpaired) electrons. The topological polar surface area (TPSA) is 56.5 Å². The average molecular weight is 262 g/mol. The molecular formula is C15H18O4. The minimum absolute atomic E-state index is 0.0178. The molecule has 4 heteroatoms. The first-order valence-electron chi connectivity index (χ1n) is 6.45. The molecule has 0 N–H and O–H groups in total. The molecule has 0 bridgehead atoms. The van der Waals surface area contributed by atoms with E-state index in [1.807, 2.05) is 18.2 Å². The Labute approximate surface area is 112 Å². The van der Waals surface area contributed by atoms with Crippen molar-refractivity contribution in [1.29, 1.82) is 0 Å². The van der Waals surface area contributed by atoms with Crippen molar-refractivity contribution < 1.29 is 18.7 Å². The number of allylic oxidation sites excluding steroid dienone is 1. The maximum Gasteiger partial charge on any atom is 0.303 e. The zero-order valence-electron chi connectivity index (χ0n) is 11.0. The molecular weight excluding hydrogens is 244 g/mol. The van der Waals surface area contributed by atoms with Crippen LogP contribution in [0.2, 0.25) is 0 Å². The summed E-state index contributed by atoms with van der Waals surface area (Å²) in [6, 6.07) is 3.76. The Balaban J connectivity index is 2.07. The molecule has 0 unspecified atom stereocenters. The fraction of sp³-hybridized carbons (Fsp3) is 0.467. The molecule has 1 aliphatic carbocycles. The van der Waals surface area contributed by atoms with Crippen LogP contribution in [0.5, 0.6) is 0 Å². The van der Waals surface area contributed by atoms with Crippen molar-refractivity contribution in [2.45, 2.75) is 32.3 Å². The summed E-state index contributed by atoms with van der Waals surface area (Å²) in [7, 11) is 0. The van der Waals surface area contributed by atoms with Crippen LogP contribution in [-0.2, 0) is 20.7 Å². The van der Waals surface area contributed by atoms with Crippen LogP contribution in [0.4, 0.5) is 0 Å². The Bertz CT molecular complexity index is 460. The summed E-state index contributed by atoms with van der Waals surface area (Å²) in [6.07, 6.45) is 4.48. The van der Waals surface area contributed by atoms with Gasteiger partial charge in [-0.1, -0.05) is 6.08 Å². The fourth-order valence-corrected chi connectivity index (χ4v) is 2.62. The third kappa shape index (κ3) is 3.34. The van der Waals surface area contributed by atoms with E-state index >= 15 is 0 Å². The maximum absolute atomic E-state index is 11.9. The second kappa shape index (κ2) is 5.87. The van der Waals surface area contributed by atoms with Crippen LogP contribution in [-0.4, -0.2) is 17.9 Å². The normalized spacial score (nSPS) is 27.0. The van der Waals surface area contributed by atoms with Gasteiger partial charge < -0.3 is 9.15 Å². The number of Topliss-reactive ketones (excluding diaryl/α,β-unsaturated/α-hetero) is 1. The third-order valence-electron chi connectivity index (χ3n) is 3.57. The molecule has 1 aromatic rings. The number of esters is 1. The summed E-state index contributed by atoms with van der Waals surface area (Å²) in [5.41, 5.74) is 0. The molecule has 1 saturated carbocycles. The smallest absolute Gasteiger partial charge is 0.303 e. The zero-order valence-corrected chi connectivity index (χ0v) is 11.0. The monoisotopic (exact) mass is 262 g/mol. The van der Waals surface area contributed by atoms with E-state index in [1.165, 1.54) is 6.92 Å². The Morgan fingerprint density at radius 2 is 2.42 bits per heavy atom. The molecule has 2 rings (SSSR count). The summed E-state index contributed by atoms with van der Waals surface area (Å²) in [5.74, 6) is 0.783. The number of hydrogen-bond donors (Lipinski definition) is 0. The summed E-state index contributed by atoms with van der Waals surface area (Å²) in [5, 5.41) is 0. The van der Waals surface area contributed by atoms with Crippen molar-refractivity contribution in [2.24, 2.45) is 11.8 Å². The molecule has 3 atom stereocenters. The molecule has 0 spiro atoms. The summed E-state index contributed by atoms with van der Waals surface area (Å²) < 4.78 is 10.4. The van der Waals surface area contributed by atoms with Crippen LogP contribution in [0.3, 0.4) is 0 Å². The molecule has 1 aromatic heterocycles. The van der Waals surface area contributed by atoms with Crippen molar-refractivity contribution in [2.75, 3.05) is 0 Å². The lowest BCUT2D eigenvalue weighted by molar-refractivity contribution is -0.156. The van der Waals surface area contributed by atoms with Crippen LogP contribution in [0, 0.1) is 11.8 Å². The molecule has 1 aliphatic rings. The standard InChI is InChI=1S/C15H18O4/c1-3-11-8-14(17)15(19-10(2)16)9-12(11)7-13-5-4-6-18-13/h3-6,11-12,15H,1,7-9H2,2H3/t11-,12+,15-/m1/s1. The van der Waals surface area contributed by atoms with E-state index in [4.69, 9.17) is 9.15 Å². The molecule has 102 valence electrons. The average Bonchev–Trinajstić information content (AvgIpc) is 2.85. The van der Waals surface area contributed by atoms with Gasteiger partial charge in [-0.25, -0.2) is 0 Å². The molecule has 1 heterocycles. The highest BCUT2D eigenvalue weighted by Gasteiger charge is 2.36. The van der Waals surface area contributed by atoms with E-state index in [0.29, 0.717) is 12.8 Å². The highest BCUT2D eigenvalue weighted by molar-refractivity contribution is 5.86. The van der Waals surface area contributed by atoms with Gasteiger partial charge in [-0.3, -0.25) is 9.59 Å². The van der Waals surface area contributed by atoms with Gasteiger partial charge in [0.05, 0.1) is 6.26 Å². The van der Waals surface area contributed by atoms with Gasteiger partial charge in [-0.2, -0.15) is 0 Å². The lowest BCUT2D eigenvalue weighted by atomic mass is 9.75. The number of carbonyl (C=O) groups excluding carboxylic acids is 2. The van der Waals surface area contributed by atoms with Crippen LogP contribution < -0.4 is 0 Å². The van der Waals surface area contributed by atoms with Gasteiger partial charge in [0.2, 0.25) is 0 Å². The lowest BCUT2D eigenvalue weighted by Crippen LogP contribution is -2.38. The van der Waals surface area contributed by atoms with E-state index in [-0.39, 0.29) is 17.6 Å².